The molecule has 0 amide bonds. The Morgan fingerprint density at radius 2 is 2.00 bits per heavy atom. The van der Waals surface area contributed by atoms with Crippen LogP contribution in [-0.2, 0) is 26.2 Å². The summed E-state index contributed by atoms with van der Waals surface area (Å²) in [5.74, 6) is -0.650. The predicted molar refractivity (Wildman–Crippen MR) is 91.0 cm³/mol. The van der Waals surface area contributed by atoms with Gasteiger partial charge < -0.3 is 4.74 Å². The largest absolute Gasteiger partial charge is 0.460 e. The molecule has 0 aliphatic carbocycles. The van der Waals surface area contributed by atoms with Crippen LogP contribution in [0.2, 0.25) is 0 Å². The molecule has 3 rings (SSSR count). The fraction of sp³-hybridized carbons (Fsp3) is 0.125. The number of hydrogen-bond acceptors (Lipinski definition) is 6. The van der Waals surface area contributed by atoms with Gasteiger partial charge in [-0.25, -0.2) is 8.42 Å². The first kappa shape index (κ1) is 16.6. The van der Waals surface area contributed by atoms with Gasteiger partial charge in [0, 0.05) is 17.1 Å². The van der Waals surface area contributed by atoms with E-state index in [0.29, 0.717) is 0 Å². The second kappa shape index (κ2) is 7.08. The highest BCUT2D eigenvalue weighted by Gasteiger charge is 2.17. The molecule has 6 nitrogen and oxygen atoms in total. The van der Waals surface area contributed by atoms with Crippen LogP contribution in [0.5, 0.6) is 0 Å². The van der Waals surface area contributed by atoms with Gasteiger partial charge in [-0.05, 0) is 17.5 Å². The molecule has 8 heteroatoms. The summed E-state index contributed by atoms with van der Waals surface area (Å²) in [6.45, 7) is -0.383. The molecular formula is C16H14N2O4S2. The van der Waals surface area contributed by atoms with Crippen LogP contribution >= 0.6 is 11.3 Å². The van der Waals surface area contributed by atoms with Gasteiger partial charge in [-0.3, -0.25) is 9.78 Å². The fourth-order valence-corrected chi connectivity index (χ4v) is 4.14. The summed E-state index contributed by atoms with van der Waals surface area (Å²) in [5.41, 5.74) is 1.52. The Balaban J connectivity index is 1.60. The van der Waals surface area contributed by atoms with E-state index in [2.05, 4.69) is 9.71 Å². The van der Waals surface area contributed by atoms with E-state index in [9.17, 15) is 13.2 Å². The molecule has 124 valence electrons. The summed E-state index contributed by atoms with van der Waals surface area (Å²) in [6, 6.07) is 12.4. The Morgan fingerprint density at radius 3 is 2.79 bits per heavy atom. The lowest BCUT2D eigenvalue weighted by molar-refractivity contribution is -0.143. The molecule has 0 unspecified atom stereocenters. The van der Waals surface area contributed by atoms with E-state index in [1.54, 1.807) is 17.6 Å². The summed E-state index contributed by atoms with van der Waals surface area (Å²) in [5, 5.41) is 2.60. The lowest BCUT2D eigenvalue weighted by Gasteiger charge is -2.08. The van der Waals surface area contributed by atoms with Crippen molar-refractivity contribution in [1.29, 1.82) is 0 Å². The monoisotopic (exact) mass is 362 g/mol. The van der Waals surface area contributed by atoms with Gasteiger partial charge in [-0.2, -0.15) is 4.72 Å². The molecule has 3 aromatic rings. The molecule has 0 saturated carbocycles. The molecule has 0 bridgehead atoms. The lowest BCUT2D eigenvalue weighted by atomic mass is 10.1. The van der Waals surface area contributed by atoms with Gasteiger partial charge in [0.25, 0.3) is 10.0 Å². The quantitative estimate of drug-likeness (QED) is 0.680. The van der Waals surface area contributed by atoms with E-state index in [-0.39, 0.29) is 10.8 Å². The molecule has 0 saturated heterocycles. The van der Waals surface area contributed by atoms with Gasteiger partial charge in [-0.1, -0.05) is 30.3 Å². The van der Waals surface area contributed by atoms with Crippen LogP contribution in [0.1, 0.15) is 5.56 Å². The number of hydrogen-bond donors (Lipinski definition) is 1. The van der Waals surface area contributed by atoms with E-state index in [1.807, 2.05) is 30.3 Å². The van der Waals surface area contributed by atoms with Crippen molar-refractivity contribution in [2.75, 3.05) is 6.54 Å². The molecule has 1 N–H and O–H groups in total. The summed E-state index contributed by atoms with van der Waals surface area (Å²) < 4.78 is 31.4. The summed E-state index contributed by atoms with van der Waals surface area (Å²) in [7, 11) is -3.67. The maximum Gasteiger partial charge on any atom is 0.321 e. The molecule has 0 spiro atoms. The number of carbonyl (C=O) groups is 1. The second-order valence-corrected chi connectivity index (χ2v) is 7.85. The summed E-state index contributed by atoms with van der Waals surface area (Å²) in [6.07, 6.45) is 1.67. The predicted octanol–water partition coefficient (Wildman–Crippen LogP) is 2.32. The van der Waals surface area contributed by atoms with E-state index in [1.165, 1.54) is 6.07 Å². The van der Waals surface area contributed by atoms with Gasteiger partial charge in [0.15, 0.2) is 0 Å². The third kappa shape index (κ3) is 3.78. The summed E-state index contributed by atoms with van der Waals surface area (Å²) in [4.78, 5) is 16.1. The lowest BCUT2D eigenvalue weighted by Crippen LogP contribution is -2.30. The fourth-order valence-electron chi connectivity index (χ4n) is 2.13. The molecule has 0 atom stereocenters. The van der Waals surface area contributed by atoms with Gasteiger partial charge in [0.2, 0.25) is 0 Å². The highest BCUT2D eigenvalue weighted by Crippen LogP contribution is 2.17. The number of rotatable bonds is 6. The van der Waals surface area contributed by atoms with E-state index >= 15 is 0 Å². The Morgan fingerprint density at radius 1 is 1.17 bits per heavy atom. The Hall–Kier alpha value is -2.29. The Labute approximate surface area is 143 Å². The average molecular weight is 362 g/mol. The van der Waals surface area contributed by atoms with E-state index in [0.717, 1.165) is 27.8 Å². The third-order valence-corrected chi connectivity index (χ3v) is 6.07. The van der Waals surface area contributed by atoms with Crippen LogP contribution < -0.4 is 4.72 Å². The molecule has 0 fully saturated rings. The topological polar surface area (TPSA) is 85.4 Å². The molecule has 0 aliphatic heterocycles. The van der Waals surface area contributed by atoms with Crippen molar-refractivity contribution < 1.29 is 17.9 Å². The first-order valence-electron chi connectivity index (χ1n) is 7.08. The first-order chi connectivity index (χ1) is 11.6. The maximum absolute atomic E-state index is 11.9. The number of fused-ring (bicyclic) bond motifs is 1. The number of aromatic nitrogens is 1. The van der Waals surface area contributed by atoms with E-state index in [4.69, 9.17) is 4.74 Å². The molecule has 0 radical (unpaired) electrons. The molecule has 2 aromatic heterocycles. The number of ether oxygens (including phenoxy) is 1. The minimum absolute atomic E-state index is 0.0356. The first-order valence-corrected chi connectivity index (χ1v) is 9.44. The zero-order valence-corrected chi connectivity index (χ0v) is 14.1. The van der Waals surface area contributed by atoms with Gasteiger partial charge in [0.05, 0.1) is 5.52 Å². The van der Waals surface area contributed by atoms with Crippen LogP contribution in [0.15, 0.2) is 58.3 Å². The SMILES string of the molecule is O=C(CNS(=O)(=O)c1cccs1)OCc1cccc2cccnc12. The van der Waals surface area contributed by atoms with Crippen molar-refractivity contribution in [1.82, 2.24) is 9.71 Å². The number of pyridine rings is 1. The van der Waals surface area contributed by atoms with Gasteiger partial charge in [0.1, 0.15) is 17.4 Å². The number of nitrogens with zero attached hydrogens (tertiary/aromatic N) is 1. The summed E-state index contributed by atoms with van der Waals surface area (Å²) >= 11 is 1.08. The van der Waals surface area contributed by atoms with Crippen molar-refractivity contribution in [3.8, 4) is 0 Å². The maximum atomic E-state index is 11.9. The number of benzene rings is 1. The zero-order valence-electron chi connectivity index (χ0n) is 12.5. The molecule has 24 heavy (non-hydrogen) atoms. The van der Waals surface area contributed by atoms with Crippen LogP contribution in [0.25, 0.3) is 10.9 Å². The Bertz CT molecular complexity index is 948. The highest BCUT2D eigenvalue weighted by molar-refractivity contribution is 7.91. The van der Waals surface area contributed by atoms with Crippen LogP contribution in [0.3, 0.4) is 0 Å². The van der Waals surface area contributed by atoms with Crippen LogP contribution in [-0.4, -0.2) is 25.9 Å². The number of thiophene rings is 1. The highest BCUT2D eigenvalue weighted by atomic mass is 32.2. The number of sulfonamides is 1. The zero-order chi connectivity index (χ0) is 17.0. The number of para-hydroxylation sites is 1. The van der Waals surface area contributed by atoms with Crippen molar-refractivity contribution in [2.24, 2.45) is 0 Å². The molecule has 0 aliphatic rings. The van der Waals surface area contributed by atoms with Crippen molar-refractivity contribution >= 4 is 38.2 Å². The number of nitrogens with one attached hydrogen (secondary N) is 1. The van der Waals surface area contributed by atoms with Gasteiger partial charge >= 0.3 is 5.97 Å². The van der Waals surface area contributed by atoms with Crippen molar-refractivity contribution in [3.05, 3.63) is 59.6 Å². The third-order valence-electron chi connectivity index (χ3n) is 3.27. The van der Waals surface area contributed by atoms with Crippen LogP contribution in [0.4, 0.5) is 0 Å². The minimum Gasteiger partial charge on any atom is -0.460 e. The number of esters is 1. The average Bonchev–Trinajstić information content (AvgIpc) is 3.14. The number of carbonyl (C=O) groups excluding carboxylic acids is 1. The standard InChI is InChI=1S/C16H14N2O4S2/c19-14(10-18-24(20,21)15-7-3-9-23-15)22-11-13-5-1-4-12-6-2-8-17-16(12)13/h1-9,18H,10-11H2. The smallest absolute Gasteiger partial charge is 0.321 e. The molecule has 1 aromatic carbocycles. The van der Waals surface area contributed by atoms with Crippen LogP contribution in [0, 0.1) is 0 Å². The van der Waals surface area contributed by atoms with Crippen molar-refractivity contribution in [3.63, 3.8) is 0 Å². The minimum atomic E-state index is -3.67. The van der Waals surface area contributed by atoms with E-state index < -0.39 is 22.5 Å². The Kier molecular flexibility index (Phi) is 4.89. The second-order valence-electron chi connectivity index (χ2n) is 4.91. The normalized spacial score (nSPS) is 11.5. The molecular weight excluding hydrogens is 348 g/mol. The molecule has 2 heterocycles. The van der Waals surface area contributed by atoms with Gasteiger partial charge in [-0.15, -0.1) is 11.3 Å². The van der Waals surface area contributed by atoms with Crippen molar-refractivity contribution in [2.45, 2.75) is 10.8 Å².